The van der Waals surface area contributed by atoms with Crippen LogP contribution in [0.3, 0.4) is 0 Å². The average molecular weight is 462 g/mol. The summed E-state index contributed by atoms with van der Waals surface area (Å²) in [6.45, 7) is 0.544. The van der Waals surface area contributed by atoms with Crippen LogP contribution in [0.2, 0.25) is 0 Å². The summed E-state index contributed by atoms with van der Waals surface area (Å²) in [6, 6.07) is 25.5. The van der Waals surface area contributed by atoms with Gasteiger partial charge in [0, 0.05) is 69.6 Å². The van der Waals surface area contributed by atoms with E-state index in [2.05, 4.69) is 4.57 Å². The van der Waals surface area contributed by atoms with Gasteiger partial charge in [0.05, 0.1) is 20.9 Å². The molecule has 8 heteroatoms. The first-order valence-electron chi connectivity index (χ1n) is 11.0. The van der Waals surface area contributed by atoms with Crippen LogP contribution in [0.15, 0.2) is 91.0 Å². The Morgan fingerprint density at radius 3 is 1.77 bits per heavy atom. The van der Waals surface area contributed by atoms with Crippen molar-refractivity contribution >= 4 is 61.2 Å². The van der Waals surface area contributed by atoms with Crippen molar-refractivity contribution < 1.29 is 9.85 Å². The van der Waals surface area contributed by atoms with Crippen LogP contribution in [0.1, 0.15) is 0 Å². The SMILES string of the molecule is O=[N+]([O-])c1ccc2c(c1)c1ccccc1n2/C=C/Cn1c2ccccc2c2cc([N+](=O)[O-])ccc21. The summed E-state index contributed by atoms with van der Waals surface area (Å²) in [5.74, 6) is 0. The molecule has 170 valence electrons. The predicted molar refractivity (Wildman–Crippen MR) is 138 cm³/mol. The number of nitro groups is 2. The zero-order chi connectivity index (χ0) is 24.1. The van der Waals surface area contributed by atoms with Crippen LogP contribution in [0.5, 0.6) is 0 Å². The first kappa shape index (κ1) is 20.6. The number of allylic oxidation sites excluding steroid dienone is 1. The Morgan fingerprint density at radius 1 is 0.629 bits per heavy atom. The van der Waals surface area contributed by atoms with Crippen molar-refractivity contribution in [2.75, 3.05) is 0 Å². The third kappa shape index (κ3) is 3.23. The lowest BCUT2D eigenvalue weighted by atomic mass is 10.1. The molecule has 0 amide bonds. The Hall–Kier alpha value is -4.98. The minimum absolute atomic E-state index is 0.0590. The monoisotopic (exact) mass is 462 g/mol. The summed E-state index contributed by atoms with van der Waals surface area (Å²) in [5.41, 5.74) is 3.87. The van der Waals surface area contributed by atoms with E-state index in [-0.39, 0.29) is 21.2 Å². The lowest BCUT2D eigenvalue weighted by molar-refractivity contribution is -0.384. The zero-order valence-corrected chi connectivity index (χ0v) is 18.4. The molecule has 4 aromatic carbocycles. The molecule has 0 aliphatic rings. The van der Waals surface area contributed by atoms with Gasteiger partial charge in [0.1, 0.15) is 0 Å². The van der Waals surface area contributed by atoms with Crippen molar-refractivity contribution in [3.8, 4) is 0 Å². The number of para-hydroxylation sites is 2. The average Bonchev–Trinajstić information content (AvgIpc) is 3.36. The molecular formula is C27H18N4O4. The van der Waals surface area contributed by atoms with Crippen molar-refractivity contribution in [2.45, 2.75) is 6.54 Å². The van der Waals surface area contributed by atoms with Gasteiger partial charge in [-0.05, 0) is 30.3 Å². The van der Waals surface area contributed by atoms with Gasteiger partial charge in [0.2, 0.25) is 0 Å². The largest absolute Gasteiger partial charge is 0.337 e. The van der Waals surface area contributed by atoms with E-state index in [0.29, 0.717) is 6.54 Å². The molecule has 0 N–H and O–H groups in total. The quantitative estimate of drug-likeness (QED) is 0.206. The van der Waals surface area contributed by atoms with E-state index in [1.807, 2.05) is 65.4 Å². The van der Waals surface area contributed by atoms with E-state index < -0.39 is 0 Å². The maximum atomic E-state index is 11.3. The Morgan fingerprint density at radius 2 is 1.11 bits per heavy atom. The topological polar surface area (TPSA) is 96.1 Å². The molecule has 0 bridgehead atoms. The van der Waals surface area contributed by atoms with Gasteiger partial charge in [-0.1, -0.05) is 36.4 Å². The van der Waals surface area contributed by atoms with Gasteiger partial charge in [-0.25, -0.2) is 0 Å². The fourth-order valence-electron chi connectivity index (χ4n) is 4.88. The number of aromatic nitrogens is 2. The highest BCUT2D eigenvalue weighted by atomic mass is 16.6. The summed E-state index contributed by atoms with van der Waals surface area (Å²) < 4.78 is 4.16. The predicted octanol–water partition coefficient (Wildman–Crippen LogP) is 6.89. The summed E-state index contributed by atoms with van der Waals surface area (Å²) >= 11 is 0. The Bertz CT molecular complexity index is 1850. The Labute approximate surface area is 198 Å². The van der Waals surface area contributed by atoms with E-state index in [0.717, 1.165) is 43.6 Å². The lowest BCUT2D eigenvalue weighted by Crippen LogP contribution is -1.96. The molecule has 0 saturated carbocycles. The molecular weight excluding hydrogens is 444 g/mol. The zero-order valence-electron chi connectivity index (χ0n) is 18.4. The van der Waals surface area contributed by atoms with E-state index in [4.69, 9.17) is 0 Å². The number of hydrogen-bond acceptors (Lipinski definition) is 4. The molecule has 0 spiro atoms. The third-order valence-electron chi connectivity index (χ3n) is 6.41. The molecule has 2 aromatic heterocycles. The minimum atomic E-state index is -0.381. The van der Waals surface area contributed by atoms with Crippen LogP contribution in [0.25, 0.3) is 49.8 Å². The molecule has 6 aromatic rings. The van der Waals surface area contributed by atoms with E-state index in [1.54, 1.807) is 24.3 Å². The molecule has 0 saturated heterocycles. The van der Waals surface area contributed by atoms with Gasteiger partial charge in [-0.2, -0.15) is 0 Å². The lowest BCUT2D eigenvalue weighted by Gasteiger charge is -2.05. The third-order valence-corrected chi connectivity index (χ3v) is 6.41. The van der Waals surface area contributed by atoms with Crippen LogP contribution in [-0.2, 0) is 6.54 Å². The normalized spacial score (nSPS) is 11.9. The second-order valence-corrected chi connectivity index (χ2v) is 8.32. The number of benzene rings is 4. The second kappa shape index (κ2) is 7.81. The summed E-state index contributed by atoms with van der Waals surface area (Å²) in [7, 11) is 0. The van der Waals surface area contributed by atoms with Crippen molar-refractivity contribution in [2.24, 2.45) is 0 Å². The van der Waals surface area contributed by atoms with Crippen molar-refractivity contribution in [1.29, 1.82) is 0 Å². The summed E-state index contributed by atoms with van der Waals surface area (Å²) in [5, 5.41) is 26.2. The molecule has 6 rings (SSSR count). The molecule has 8 nitrogen and oxygen atoms in total. The van der Waals surface area contributed by atoms with E-state index >= 15 is 0 Å². The fraction of sp³-hybridized carbons (Fsp3) is 0.0370. The number of nitro benzene ring substituents is 2. The van der Waals surface area contributed by atoms with Crippen LogP contribution < -0.4 is 0 Å². The molecule has 35 heavy (non-hydrogen) atoms. The van der Waals surface area contributed by atoms with Gasteiger partial charge in [-0.3, -0.25) is 20.2 Å². The highest BCUT2D eigenvalue weighted by Gasteiger charge is 2.15. The highest BCUT2D eigenvalue weighted by molar-refractivity contribution is 6.10. The van der Waals surface area contributed by atoms with Gasteiger partial charge >= 0.3 is 0 Å². The summed E-state index contributed by atoms with van der Waals surface area (Å²) in [4.78, 5) is 21.9. The summed E-state index contributed by atoms with van der Waals surface area (Å²) in [6.07, 6.45) is 4.00. The number of fused-ring (bicyclic) bond motifs is 6. The van der Waals surface area contributed by atoms with Crippen LogP contribution in [0.4, 0.5) is 11.4 Å². The van der Waals surface area contributed by atoms with E-state index in [1.165, 1.54) is 12.1 Å². The second-order valence-electron chi connectivity index (χ2n) is 8.32. The van der Waals surface area contributed by atoms with Crippen molar-refractivity contribution in [3.63, 3.8) is 0 Å². The van der Waals surface area contributed by atoms with E-state index in [9.17, 15) is 20.2 Å². The molecule has 0 aliphatic heterocycles. The molecule has 0 radical (unpaired) electrons. The number of non-ortho nitro benzene ring substituents is 2. The smallest absolute Gasteiger partial charge is 0.270 e. The highest BCUT2D eigenvalue weighted by Crippen LogP contribution is 2.33. The molecule has 0 atom stereocenters. The number of rotatable bonds is 5. The molecule has 2 heterocycles. The fourth-order valence-corrected chi connectivity index (χ4v) is 4.88. The van der Waals surface area contributed by atoms with Gasteiger partial charge in [0.15, 0.2) is 0 Å². The van der Waals surface area contributed by atoms with Crippen molar-refractivity contribution in [3.05, 3.63) is 111 Å². The van der Waals surface area contributed by atoms with Gasteiger partial charge in [0.25, 0.3) is 11.4 Å². The van der Waals surface area contributed by atoms with Gasteiger partial charge < -0.3 is 9.13 Å². The molecule has 0 aliphatic carbocycles. The Kier molecular flexibility index (Phi) is 4.60. The van der Waals surface area contributed by atoms with Crippen LogP contribution >= 0.6 is 0 Å². The minimum Gasteiger partial charge on any atom is -0.337 e. The maximum Gasteiger partial charge on any atom is 0.270 e. The standard InChI is InChI=1S/C27H18N4O4/c32-30(33)18-10-12-26-22(16-18)20-6-1-3-8-24(20)28(26)14-5-15-29-25-9-4-2-7-21(25)23-17-19(31(34)35)11-13-27(23)29/h1-14,16-17H,15H2/b14-5+. The Balaban J connectivity index is 1.47. The first-order chi connectivity index (χ1) is 17.0. The van der Waals surface area contributed by atoms with Crippen LogP contribution in [0, 0.1) is 20.2 Å². The van der Waals surface area contributed by atoms with Crippen molar-refractivity contribution in [1.82, 2.24) is 9.13 Å². The first-order valence-corrected chi connectivity index (χ1v) is 11.0. The molecule has 0 unspecified atom stereocenters. The maximum absolute atomic E-state index is 11.3. The number of nitrogens with zero attached hydrogens (tertiary/aromatic N) is 4. The molecule has 0 fully saturated rings. The number of hydrogen-bond donors (Lipinski definition) is 0. The van der Waals surface area contributed by atoms with Crippen LogP contribution in [-0.4, -0.2) is 19.0 Å². The van der Waals surface area contributed by atoms with Gasteiger partial charge in [-0.15, -0.1) is 0 Å².